The van der Waals surface area contributed by atoms with Gasteiger partial charge >= 0.3 is 0 Å². The molecule has 0 aliphatic heterocycles. The van der Waals surface area contributed by atoms with Gasteiger partial charge in [-0.2, -0.15) is 0 Å². The number of benzene rings is 1. The standard InChI is InChI=1S/C13H15NO4/c1-9(15)12-4-3-10(16-2)7-13(12)17-8-11-5-6-14-18-11/h3-7,9,15H,8H2,1-2H3/t9-/m0/s1. The van der Waals surface area contributed by atoms with E-state index in [1.807, 2.05) is 0 Å². The highest BCUT2D eigenvalue weighted by Crippen LogP contribution is 2.30. The van der Waals surface area contributed by atoms with Crippen LogP contribution in [0, 0.1) is 0 Å². The number of hydrogen-bond donors (Lipinski definition) is 1. The molecule has 0 fully saturated rings. The number of hydrogen-bond acceptors (Lipinski definition) is 5. The Bertz CT molecular complexity index is 494. The fraction of sp³-hybridized carbons (Fsp3) is 0.308. The highest BCUT2D eigenvalue weighted by Gasteiger charge is 2.11. The largest absolute Gasteiger partial charge is 0.497 e. The molecular formula is C13H15NO4. The minimum atomic E-state index is -0.611. The molecule has 0 radical (unpaired) electrons. The molecule has 18 heavy (non-hydrogen) atoms. The van der Waals surface area contributed by atoms with E-state index in [2.05, 4.69) is 5.16 Å². The van der Waals surface area contributed by atoms with Crippen molar-refractivity contribution in [1.82, 2.24) is 5.16 Å². The normalized spacial score (nSPS) is 12.2. The van der Waals surface area contributed by atoms with Crippen LogP contribution < -0.4 is 9.47 Å². The van der Waals surface area contributed by atoms with E-state index in [0.29, 0.717) is 22.8 Å². The summed E-state index contributed by atoms with van der Waals surface area (Å²) in [7, 11) is 1.58. The number of aromatic nitrogens is 1. The minimum Gasteiger partial charge on any atom is -0.497 e. The average Bonchev–Trinajstić information content (AvgIpc) is 2.88. The number of aliphatic hydroxyl groups is 1. The summed E-state index contributed by atoms with van der Waals surface area (Å²) >= 11 is 0. The van der Waals surface area contributed by atoms with E-state index in [-0.39, 0.29) is 6.61 Å². The molecule has 0 saturated carbocycles. The van der Waals surface area contributed by atoms with Crippen molar-refractivity contribution in [3.63, 3.8) is 0 Å². The Balaban J connectivity index is 2.18. The Morgan fingerprint density at radius 3 is 2.83 bits per heavy atom. The molecule has 1 N–H and O–H groups in total. The second kappa shape index (κ2) is 5.55. The van der Waals surface area contributed by atoms with E-state index in [0.717, 1.165) is 0 Å². The maximum Gasteiger partial charge on any atom is 0.174 e. The van der Waals surface area contributed by atoms with Crippen LogP contribution in [-0.2, 0) is 6.61 Å². The van der Waals surface area contributed by atoms with Gasteiger partial charge in [-0.05, 0) is 19.1 Å². The van der Waals surface area contributed by atoms with Crippen molar-refractivity contribution in [3.05, 3.63) is 41.8 Å². The molecule has 2 aromatic rings. The van der Waals surface area contributed by atoms with Gasteiger partial charge in [0.2, 0.25) is 0 Å². The van der Waals surface area contributed by atoms with Gasteiger partial charge in [0.05, 0.1) is 19.4 Å². The lowest BCUT2D eigenvalue weighted by atomic mass is 10.1. The zero-order valence-corrected chi connectivity index (χ0v) is 10.3. The molecule has 2 rings (SSSR count). The van der Waals surface area contributed by atoms with Crippen molar-refractivity contribution < 1.29 is 19.1 Å². The molecule has 0 amide bonds. The van der Waals surface area contributed by atoms with Gasteiger partial charge in [0, 0.05) is 17.7 Å². The molecule has 1 aromatic carbocycles. The van der Waals surface area contributed by atoms with E-state index < -0.39 is 6.10 Å². The van der Waals surface area contributed by atoms with Gasteiger partial charge in [-0.15, -0.1) is 0 Å². The van der Waals surface area contributed by atoms with E-state index in [1.54, 1.807) is 44.5 Å². The lowest BCUT2D eigenvalue weighted by Crippen LogP contribution is -2.01. The summed E-state index contributed by atoms with van der Waals surface area (Å²) in [4.78, 5) is 0. The van der Waals surface area contributed by atoms with Crippen molar-refractivity contribution in [3.8, 4) is 11.5 Å². The number of aliphatic hydroxyl groups excluding tert-OH is 1. The summed E-state index contributed by atoms with van der Waals surface area (Å²) < 4.78 is 15.7. The predicted molar refractivity (Wildman–Crippen MR) is 64.5 cm³/mol. The van der Waals surface area contributed by atoms with Crippen LogP contribution in [-0.4, -0.2) is 17.4 Å². The fourth-order valence-corrected chi connectivity index (χ4v) is 1.58. The first kappa shape index (κ1) is 12.4. The van der Waals surface area contributed by atoms with Crippen LogP contribution >= 0.6 is 0 Å². The Morgan fingerprint density at radius 2 is 2.22 bits per heavy atom. The molecule has 0 spiro atoms. The quantitative estimate of drug-likeness (QED) is 0.880. The van der Waals surface area contributed by atoms with Crippen LogP contribution in [0.25, 0.3) is 0 Å². The first-order valence-electron chi connectivity index (χ1n) is 5.59. The van der Waals surface area contributed by atoms with E-state index >= 15 is 0 Å². The lowest BCUT2D eigenvalue weighted by Gasteiger charge is -2.13. The van der Waals surface area contributed by atoms with Crippen LogP contribution in [0.2, 0.25) is 0 Å². The zero-order chi connectivity index (χ0) is 13.0. The monoisotopic (exact) mass is 249 g/mol. The summed E-state index contributed by atoms with van der Waals surface area (Å²) in [6, 6.07) is 7.02. The average molecular weight is 249 g/mol. The second-order valence-electron chi connectivity index (χ2n) is 3.85. The topological polar surface area (TPSA) is 64.7 Å². The number of methoxy groups -OCH3 is 1. The van der Waals surface area contributed by atoms with E-state index in [9.17, 15) is 5.11 Å². The number of rotatable bonds is 5. The Kier molecular flexibility index (Phi) is 3.84. The summed E-state index contributed by atoms with van der Waals surface area (Å²) in [5, 5.41) is 13.3. The summed E-state index contributed by atoms with van der Waals surface area (Å²) in [5.74, 6) is 1.86. The molecule has 1 atom stereocenters. The SMILES string of the molecule is COc1ccc([C@H](C)O)c(OCc2ccno2)c1. The molecular weight excluding hydrogens is 234 g/mol. The molecule has 0 bridgehead atoms. The van der Waals surface area contributed by atoms with Crippen LogP contribution in [0.3, 0.4) is 0 Å². The fourth-order valence-electron chi connectivity index (χ4n) is 1.58. The molecule has 5 heteroatoms. The third kappa shape index (κ3) is 2.81. The third-order valence-electron chi connectivity index (χ3n) is 2.53. The summed E-state index contributed by atoms with van der Waals surface area (Å²) in [6.07, 6.45) is 0.945. The number of nitrogens with zero attached hydrogens (tertiary/aromatic N) is 1. The van der Waals surface area contributed by atoms with Crippen LogP contribution in [0.15, 0.2) is 35.0 Å². The van der Waals surface area contributed by atoms with Crippen molar-refractivity contribution in [2.75, 3.05) is 7.11 Å². The van der Waals surface area contributed by atoms with Gasteiger partial charge in [0.15, 0.2) is 5.76 Å². The Morgan fingerprint density at radius 1 is 1.39 bits per heavy atom. The van der Waals surface area contributed by atoms with Gasteiger partial charge in [0.25, 0.3) is 0 Å². The zero-order valence-electron chi connectivity index (χ0n) is 10.3. The molecule has 5 nitrogen and oxygen atoms in total. The second-order valence-corrected chi connectivity index (χ2v) is 3.85. The molecule has 1 heterocycles. The third-order valence-corrected chi connectivity index (χ3v) is 2.53. The van der Waals surface area contributed by atoms with Crippen LogP contribution in [0.4, 0.5) is 0 Å². The van der Waals surface area contributed by atoms with Crippen LogP contribution in [0.1, 0.15) is 24.4 Å². The maximum absolute atomic E-state index is 9.67. The highest BCUT2D eigenvalue weighted by atomic mass is 16.5. The van der Waals surface area contributed by atoms with Gasteiger partial charge in [-0.1, -0.05) is 5.16 Å². The van der Waals surface area contributed by atoms with Crippen LogP contribution in [0.5, 0.6) is 11.5 Å². The van der Waals surface area contributed by atoms with Gasteiger partial charge in [-0.3, -0.25) is 0 Å². The lowest BCUT2D eigenvalue weighted by molar-refractivity contribution is 0.186. The number of ether oxygens (including phenoxy) is 2. The van der Waals surface area contributed by atoms with Gasteiger partial charge in [-0.25, -0.2) is 0 Å². The van der Waals surface area contributed by atoms with Crippen molar-refractivity contribution in [2.45, 2.75) is 19.6 Å². The predicted octanol–water partition coefficient (Wildman–Crippen LogP) is 2.32. The van der Waals surface area contributed by atoms with Crippen molar-refractivity contribution in [1.29, 1.82) is 0 Å². The highest BCUT2D eigenvalue weighted by molar-refractivity contribution is 5.41. The molecule has 0 aliphatic rings. The maximum atomic E-state index is 9.67. The Hall–Kier alpha value is -2.01. The minimum absolute atomic E-state index is 0.257. The summed E-state index contributed by atoms with van der Waals surface area (Å²) in [5.41, 5.74) is 0.704. The molecule has 0 saturated heterocycles. The Labute approximate surface area is 105 Å². The molecule has 1 aromatic heterocycles. The summed E-state index contributed by atoms with van der Waals surface area (Å²) in [6.45, 7) is 1.94. The molecule has 0 aliphatic carbocycles. The first-order chi connectivity index (χ1) is 8.70. The van der Waals surface area contributed by atoms with Crippen molar-refractivity contribution >= 4 is 0 Å². The van der Waals surface area contributed by atoms with Crippen molar-refractivity contribution in [2.24, 2.45) is 0 Å². The molecule has 0 unspecified atom stereocenters. The smallest absolute Gasteiger partial charge is 0.174 e. The van der Waals surface area contributed by atoms with Gasteiger partial charge < -0.3 is 19.1 Å². The first-order valence-corrected chi connectivity index (χ1v) is 5.59. The molecule has 96 valence electrons. The van der Waals surface area contributed by atoms with E-state index in [1.165, 1.54) is 0 Å². The van der Waals surface area contributed by atoms with Gasteiger partial charge in [0.1, 0.15) is 18.1 Å². The van der Waals surface area contributed by atoms with E-state index in [4.69, 9.17) is 14.0 Å².